The average Bonchev–Trinajstić information content (AvgIpc) is 2.14. The number of alkyl halides is 2. The van der Waals surface area contributed by atoms with Crippen LogP contribution in [0.2, 0.25) is 0 Å². The second-order valence-corrected chi connectivity index (χ2v) is 3.36. The van der Waals surface area contributed by atoms with Crippen LogP contribution >= 0.6 is 34.7 Å². The molecule has 5 heteroatoms. The van der Waals surface area contributed by atoms with Crippen LogP contribution in [0, 0.1) is 6.92 Å². The van der Waals surface area contributed by atoms with E-state index in [9.17, 15) is 0 Å². The lowest BCUT2D eigenvalue weighted by Gasteiger charge is -1.87. The van der Waals surface area contributed by atoms with Crippen LogP contribution in [-0.2, 0) is 0 Å². The van der Waals surface area contributed by atoms with Crippen LogP contribution in [0.25, 0.3) is 0 Å². The largest absolute Gasteiger partial charge is 0.222 e. The third-order valence-electron chi connectivity index (χ3n) is 0.730. The van der Waals surface area contributed by atoms with Crippen molar-refractivity contribution in [2.75, 3.05) is 0 Å². The summed E-state index contributed by atoms with van der Waals surface area (Å²) in [6.45, 7) is 1.80. The highest BCUT2D eigenvalue weighted by Crippen LogP contribution is 2.25. The van der Waals surface area contributed by atoms with Crippen molar-refractivity contribution < 1.29 is 0 Å². The van der Waals surface area contributed by atoms with E-state index in [4.69, 9.17) is 23.2 Å². The Kier molecular flexibility index (Phi) is 2.27. The zero-order valence-electron chi connectivity index (χ0n) is 4.64. The van der Waals surface area contributed by atoms with Gasteiger partial charge in [0.1, 0.15) is 10.8 Å². The van der Waals surface area contributed by atoms with Crippen LogP contribution < -0.4 is 0 Å². The van der Waals surface area contributed by atoms with E-state index in [-0.39, 0.29) is 0 Å². The van der Waals surface area contributed by atoms with E-state index in [1.54, 1.807) is 6.92 Å². The quantitative estimate of drug-likeness (QED) is 0.624. The van der Waals surface area contributed by atoms with Crippen molar-refractivity contribution in [1.82, 2.24) is 9.36 Å². The lowest BCUT2D eigenvalue weighted by atomic mass is 10.7. The second-order valence-electron chi connectivity index (χ2n) is 1.48. The second kappa shape index (κ2) is 2.82. The van der Waals surface area contributed by atoms with Crippen molar-refractivity contribution in [3.8, 4) is 0 Å². The topological polar surface area (TPSA) is 25.8 Å². The van der Waals surface area contributed by atoms with Gasteiger partial charge >= 0.3 is 0 Å². The van der Waals surface area contributed by atoms with E-state index in [1.807, 2.05) is 0 Å². The van der Waals surface area contributed by atoms with Crippen LogP contribution in [0.4, 0.5) is 0 Å². The number of aryl methyl sites for hydroxylation is 1. The number of aromatic nitrogens is 2. The molecule has 1 heterocycles. The summed E-state index contributed by atoms with van der Waals surface area (Å²) in [6.07, 6.45) is 0. The molecule has 0 radical (unpaired) electrons. The van der Waals surface area contributed by atoms with Gasteiger partial charge in [-0.25, -0.2) is 4.98 Å². The summed E-state index contributed by atoms with van der Waals surface area (Å²) >= 11 is 12.2. The van der Waals surface area contributed by atoms with Gasteiger partial charge in [0.05, 0.1) is 0 Å². The molecule has 1 aromatic heterocycles. The Balaban J connectivity index is 2.85. The van der Waals surface area contributed by atoms with Gasteiger partial charge < -0.3 is 0 Å². The molecule has 2 nitrogen and oxygen atoms in total. The molecule has 0 saturated carbocycles. The maximum absolute atomic E-state index is 5.49. The molecule has 1 aromatic rings. The summed E-state index contributed by atoms with van der Waals surface area (Å²) < 4.78 is 3.90. The monoisotopic (exact) mass is 182 g/mol. The smallest absolute Gasteiger partial charge is 0.160 e. The minimum absolute atomic E-state index is 0.531. The first-order valence-corrected chi connectivity index (χ1v) is 3.93. The van der Waals surface area contributed by atoms with E-state index in [1.165, 1.54) is 11.5 Å². The molecule has 0 aliphatic carbocycles. The van der Waals surface area contributed by atoms with Gasteiger partial charge in [-0.3, -0.25) is 0 Å². The third kappa shape index (κ3) is 1.78. The molecule has 0 aliphatic heterocycles. The molecule has 0 amide bonds. The van der Waals surface area contributed by atoms with Crippen molar-refractivity contribution in [3.05, 3.63) is 10.8 Å². The van der Waals surface area contributed by atoms with Crippen LogP contribution in [0.1, 0.15) is 15.7 Å². The predicted octanol–water partition coefficient (Wildman–Crippen LogP) is 2.32. The van der Waals surface area contributed by atoms with Gasteiger partial charge in [0, 0.05) is 0 Å². The van der Waals surface area contributed by atoms with E-state index >= 15 is 0 Å². The fourth-order valence-corrected chi connectivity index (χ4v) is 1.26. The van der Waals surface area contributed by atoms with E-state index in [2.05, 4.69) is 9.36 Å². The van der Waals surface area contributed by atoms with Crippen molar-refractivity contribution in [1.29, 1.82) is 0 Å². The van der Waals surface area contributed by atoms with Gasteiger partial charge in [0.2, 0.25) is 0 Å². The molecule has 0 spiro atoms. The molecule has 0 N–H and O–H groups in total. The normalized spacial score (nSPS) is 10.7. The van der Waals surface area contributed by atoms with Crippen molar-refractivity contribution in [2.24, 2.45) is 0 Å². The predicted molar refractivity (Wildman–Crippen MR) is 39.1 cm³/mol. The average molecular weight is 183 g/mol. The van der Waals surface area contributed by atoms with Gasteiger partial charge in [-0.15, -0.1) is 0 Å². The van der Waals surface area contributed by atoms with Crippen LogP contribution in [0.3, 0.4) is 0 Å². The summed E-state index contributed by atoms with van der Waals surface area (Å²) in [5, 5.41) is 0.663. The Morgan fingerprint density at radius 3 is 2.44 bits per heavy atom. The molecular formula is C4H4Cl2N2S. The summed E-state index contributed by atoms with van der Waals surface area (Å²) in [5.41, 5.74) is 0. The van der Waals surface area contributed by atoms with Crippen LogP contribution in [0.5, 0.6) is 0 Å². The maximum Gasteiger partial charge on any atom is 0.160 e. The van der Waals surface area contributed by atoms with Crippen molar-refractivity contribution >= 4 is 34.7 Å². The molecular weight excluding hydrogens is 179 g/mol. The number of halogens is 2. The summed E-state index contributed by atoms with van der Waals surface area (Å²) in [4.78, 5) is 3.42. The van der Waals surface area contributed by atoms with Gasteiger partial charge in [-0.05, 0) is 18.5 Å². The highest BCUT2D eigenvalue weighted by atomic mass is 35.5. The number of nitrogens with zero attached hydrogens (tertiary/aromatic N) is 2. The number of hydrogen-bond donors (Lipinski definition) is 0. The molecule has 0 bridgehead atoms. The molecule has 0 aromatic carbocycles. The summed E-state index contributed by atoms with van der Waals surface area (Å²) in [7, 11) is 0. The fourth-order valence-electron chi connectivity index (χ4n) is 0.402. The fraction of sp³-hybridized carbons (Fsp3) is 0.500. The SMILES string of the molecule is Cc1nsc(C(Cl)Cl)n1. The van der Waals surface area contributed by atoms with E-state index < -0.39 is 4.84 Å². The molecule has 0 saturated heterocycles. The van der Waals surface area contributed by atoms with E-state index in [0.29, 0.717) is 5.01 Å². The molecule has 0 aliphatic rings. The Morgan fingerprint density at radius 2 is 2.22 bits per heavy atom. The molecule has 0 fully saturated rings. The zero-order chi connectivity index (χ0) is 6.85. The molecule has 0 unspecified atom stereocenters. The molecule has 1 rings (SSSR count). The Bertz CT molecular complexity index is 198. The number of hydrogen-bond acceptors (Lipinski definition) is 3. The minimum atomic E-state index is -0.531. The Labute approximate surface area is 67.0 Å². The Hall–Kier alpha value is 0.140. The summed E-state index contributed by atoms with van der Waals surface area (Å²) in [5.74, 6) is 0.723. The highest BCUT2D eigenvalue weighted by molar-refractivity contribution is 7.06. The first kappa shape index (κ1) is 7.25. The minimum Gasteiger partial charge on any atom is -0.222 e. The van der Waals surface area contributed by atoms with E-state index in [0.717, 1.165) is 5.82 Å². The lowest BCUT2D eigenvalue weighted by molar-refractivity contribution is 1.11. The highest BCUT2D eigenvalue weighted by Gasteiger charge is 2.07. The summed E-state index contributed by atoms with van der Waals surface area (Å²) in [6, 6.07) is 0. The standard InChI is InChI=1S/C4H4Cl2N2S/c1-2-7-4(3(5)6)9-8-2/h3H,1H3. The van der Waals surface area contributed by atoms with Crippen LogP contribution in [0.15, 0.2) is 0 Å². The Morgan fingerprint density at radius 1 is 1.56 bits per heavy atom. The molecule has 0 atom stereocenters. The first-order valence-electron chi connectivity index (χ1n) is 2.28. The maximum atomic E-state index is 5.49. The van der Waals surface area contributed by atoms with Gasteiger partial charge in [-0.2, -0.15) is 4.37 Å². The van der Waals surface area contributed by atoms with Gasteiger partial charge in [0.25, 0.3) is 0 Å². The van der Waals surface area contributed by atoms with Crippen LogP contribution in [-0.4, -0.2) is 9.36 Å². The van der Waals surface area contributed by atoms with Gasteiger partial charge in [-0.1, -0.05) is 23.2 Å². The molecule has 9 heavy (non-hydrogen) atoms. The third-order valence-corrected chi connectivity index (χ3v) is 2.27. The molecule has 50 valence electrons. The zero-order valence-corrected chi connectivity index (χ0v) is 6.96. The number of rotatable bonds is 1. The van der Waals surface area contributed by atoms with Gasteiger partial charge in [0.15, 0.2) is 4.84 Å². The van der Waals surface area contributed by atoms with Crippen molar-refractivity contribution in [2.45, 2.75) is 11.8 Å². The van der Waals surface area contributed by atoms with Crippen molar-refractivity contribution in [3.63, 3.8) is 0 Å². The lowest BCUT2D eigenvalue weighted by Crippen LogP contribution is -1.78. The first-order chi connectivity index (χ1) is 4.20.